The van der Waals surface area contributed by atoms with Gasteiger partial charge in [-0.05, 0) is 11.4 Å². The first-order chi connectivity index (χ1) is 7.40. The summed E-state index contributed by atoms with van der Waals surface area (Å²) in [6, 6.07) is 4.10. The van der Waals surface area contributed by atoms with Crippen molar-refractivity contribution >= 4 is 17.3 Å². The first-order valence-electron chi connectivity index (χ1n) is 4.44. The van der Waals surface area contributed by atoms with Crippen LogP contribution < -0.4 is 5.32 Å². The molecule has 4 nitrogen and oxygen atoms in total. The Balaban J connectivity index is 2.13. The fourth-order valence-corrected chi connectivity index (χ4v) is 1.94. The lowest BCUT2D eigenvalue weighted by Crippen LogP contribution is -2.08. The van der Waals surface area contributed by atoms with Crippen LogP contribution in [0, 0.1) is 0 Å². The Morgan fingerprint density at radius 1 is 1.40 bits per heavy atom. The van der Waals surface area contributed by atoms with Crippen LogP contribution in [0.25, 0.3) is 0 Å². The van der Waals surface area contributed by atoms with Crippen LogP contribution in [0.2, 0.25) is 0 Å². The Morgan fingerprint density at radius 2 is 2.20 bits per heavy atom. The third kappa shape index (κ3) is 2.38. The average Bonchev–Trinajstić information content (AvgIpc) is 2.81. The zero-order valence-corrected chi connectivity index (χ0v) is 8.81. The van der Waals surface area contributed by atoms with Crippen LogP contribution in [-0.4, -0.2) is 15.0 Å². The number of aromatic nitrogens is 3. The normalized spacial score (nSPS) is 12.0. The summed E-state index contributed by atoms with van der Waals surface area (Å²) in [6.45, 7) is 3.79. The summed E-state index contributed by atoms with van der Waals surface area (Å²) in [5, 5.41) is 5.19. The first kappa shape index (κ1) is 9.79. The number of anilines is 1. The molecule has 0 fully saturated rings. The molecule has 0 aliphatic heterocycles. The first-order valence-corrected chi connectivity index (χ1v) is 5.32. The maximum Gasteiger partial charge on any atom is 0.226 e. The summed E-state index contributed by atoms with van der Waals surface area (Å²) in [7, 11) is 0. The van der Waals surface area contributed by atoms with Crippen LogP contribution in [0.15, 0.2) is 42.8 Å². The van der Waals surface area contributed by atoms with Crippen molar-refractivity contribution in [1.82, 2.24) is 15.0 Å². The summed E-state index contributed by atoms with van der Waals surface area (Å²) >= 11 is 1.67. The van der Waals surface area contributed by atoms with E-state index in [0.717, 1.165) is 0 Å². The van der Waals surface area contributed by atoms with E-state index in [9.17, 15) is 0 Å². The fraction of sp³-hybridized carbons (Fsp3) is 0.100. The second kappa shape index (κ2) is 4.65. The molecule has 0 amide bonds. The Morgan fingerprint density at radius 3 is 2.80 bits per heavy atom. The Hall–Kier alpha value is -1.75. The molecule has 15 heavy (non-hydrogen) atoms. The van der Waals surface area contributed by atoms with Gasteiger partial charge in [0.2, 0.25) is 5.95 Å². The van der Waals surface area contributed by atoms with E-state index < -0.39 is 0 Å². The Bertz CT molecular complexity index is 412. The molecule has 5 heteroatoms. The highest BCUT2D eigenvalue weighted by atomic mass is 32.1. The predicted octanol–water partition coefficient (Wildman–Crippen LogP) is 2.27. The van der Waals surface area contributed by atoms with E-state index in [0.29, 0.717) is 5.95 Å². The lowest BCUT2D eigenvalue weighted by molar-refractivity contribution is 0.944. The van der Waals surface area contributed by atoms with Gasteiger partial charge in [-0.25, -0.2) is 15.0 Å². The van der Waals surface area contributed by atoms with Gasteiger partial charge in [0.05, 0.1) is 6.04 Å². The monoisotopic (exact) mass is 218 g/mol. The van der Waals surface area contributed by atoms with Gasteiger partial charge in [0.25, 0.3) is 0 Å². The molecule has 2 aromatic rings. The zero-order valence-electron chi connectivity index (χ0n) is 8.00. The van der Waals surface area contributed by atoms with Crippen molar-refractivity contribution in [2.45, 2.75) is 6.04 Å². The van der Waals surface area contributed by atoms with Crippen molar-refractivity contribution in [1.29, 1.82) is 0 Å². The molecule has 0 aliphatic rings. The van der Waals surface area contributed by atoms with Gasteiger partial charge < -0.3 is 5.32 Å². The molecule has 0 bridgehead atoms. The van der Waals surface area contributed by atoms with Crippen LogP contribution in [-0.2, 0) is 0 Å². The minimum atomic E-state index is 0.0485. The second-order valence-electron chi connectivity index (χ2n) is 2.83. The van der Waals surface area contributed by atoms with Gasteiger partial charge in [-0.2, -0.15) is 0 Å². The van der Waals surface area contributed by atoms with Crippen LogP contribution in [0.3, 0.4) is 0 Å². The molecule has 0 saturated heterocycles. The molecule has 0 radical (unpaired) electrons. The minimum Gasteiger partial charge on any atom is -0.343 e. The molecule has 1 N–H and O–H groups in total. The largest absolute Gasteiger partial charge is 0.343 e. The van der Waals surface area contributed by atoms with E-state index in [1.807, 2.05) is 23.6 Å². The lowest BCUT2D eigenvalue weighted by Gasteiger charge is -2.11. The van der Waals surface area contributed by atoms with Crippen molar-refractivity contribution in [3.63, 3.8) is 0 Å². The third-order valence-corrected chi connectivity index (χ3v) is 2.82. The van der Waals surface area contributed by atoms with Crippen molar-refractivity contribution in [3.05, 3.63) is 47.7 Å². The Labute approximate surface area is 91.7 Å². The molecular weight excluding hydrogens is 208 g/mol. The van der Waals surface area contributed by atoms with E-state index in [1.54, 1.807) is 11.3 Å². The quantitative estimate of drug-likeness (QED) is 0.800. The van der Waals surface area contributed by atoms with Gasteiger partial charge in [-0.1, -0.05) is 12.1 Å². The van der Waals surface area contributed by atoms with Gasteiger partial charge in [-0.3, -0.25) is 0 Å². The number of hydrogen-bond donors (Lipinski definition) is 1. The van der Waals surface area contributed by atoms with E-state index in [-0.39, 0.29) is 6.04 Å². The minimum absolute atomic E-state index is 0.0485. The number of hydrogen-bond acceptors (Lipinski definition) is 5. The third-order valence-electron chi connectivity index (χ3n) is 1.86. The maximum absolute atomic E-state index is 4.00. The van der Waals surface area contributed by atoms with Crippen molar-refractivity contribution in [2.24, 2.45) is 0 Å². The van der Waals surface area contributed by atoms with Crippen LogP contribution >= 0.6 is 11.3 Å². The van der Waals surface area contributed by atoms with Gasteiger partial charge in [0.15, 0.2) is 0 Å². The van der Waals surface area contributed by atoms with Gasteiger partial charge in [0, 0.05) is 4.88 Å². The fourth-order valence-electron chi connectivity index (χ4n) is 1.17. The predicted molar refractivity (Wildman–Crippen MR) is 60.7 cm³/mol. The van der Waals surface area contributed by atoms with E-state index in [4.69, 9.17) is 0 Å². The molecular formula is C10H10N4S. The molecule has 2 heterocycles. The molecule has 0 aliphatic carbocycles. The van der Waals surface area contributed by atoms with Gasteiger partial charge >= 0.3 is 0 Å². The summed E-state index contributed by atoms with van der Waals surface area (Å²) in [5.41, 5.74) is 0. The molecule has 2 rings (SSSR count). The molecule has 76 valence electrons. The van der Waals surface area contributed by atoms with Crippen LogP contribution in [0.5, 0.6) is 0 Å². The highest BCUT2D eigenvalue weighted by molar-refractivity contribution is 7.10. The molecule has 2 aromatic heterocycles. The summed E-state index contributed by atoms with van der Waals surface area (Å²) in [4.78, 5) is 12.9. The topological polar surface area (TPSA) is 50.7 Å². The van der Waals surface area contributed by atoms with Gasteiger partial charge in [-0.15, -0.1) is 17.9 Å². The lowest BCUT2D eigenvalue weighted by atomic mass is 10.2. The number of rotatable bonds is 4. The SMILES string of the molecule is C=CC(Nc1ncncn1)c1cccs1. The number of thiophene rings is 1. The highest BCUT2D eigenvalue weighted by Crippen LogP contribution is 2.22. The molecule has 1 unspecified atom stereocenters. The standard InChI is InChI=1S/C10H10N4S/c1-2-8(9-4-3-5-15-9)14-10-12-6-11-7-13-10/h2-8H,1H2,(H,11,12,13,14). The maximum atomic E-state index is 4.00. The second-order valence-corrected chi connectivity index (χ2v) is 3.81. The van der Waals surface area contributed by atoms with Gasteiger partial charge in [0.1, 0.15) is 12.7 Å². The molecule has 0 spiro atoms. The molecule has 0 aromatic carbocycles. The van der Waals surface area contributed by atoms with Crippen molar-refractivity contribution < 1.29 is 0 Å². The van der Waals surface area contributed by atoms with E-state index in [1.165, 1.54) is 17.5 Å². The van der Waals surface area contributed by atoms with Crippen molar-refractivity contribution in [2.75, 3.05) is 5.32 Å². The highest BCUT2D eigenvalue weighted by Gasteiger charge is 2.08. The molecule has 0 saturated carbocycles. The number of nitrogens with zero attached hydrogens (tertiary/aromatic N) is 3. The van der Waals surface area contributed by atoms with Crippen molar-refractivity contribution in [3.8, 4) is 0 Å². The summed E-state index contributed by atoms with van der Waals surface area (Å²) in [5.74, 6) is 0.559. The smallest absolute Gasteiger partial charge is 0.226 e. The Kier molecular flexibility index (Phi) is 3.04. The zero-order chi connectivity index (χ0) is 10.5. The molecule has 1 atom stereocenters. The summed E-state index contributed by atoms with van der Waals surface area (Å²) in [6.07, 6.45) is 4.75. The van der Waals surface area contributed by atoms with E-state index in [2.05, 4.69) is 26.8 Å². The van der Waals surface area contributed by atoms with E-state index >= 15 is 0 Å². The average molecular weight is 218 g/mol. The number of nitrogens with one attached hydrogen (secondary N) is 1. The van der Waals surface area contributed by atoms with Crippen LogP contribution in [0.1, 0.15) is 10.9 Å². The summed E-state index contributed by atoms with van der Waals surface area (Å²) < 4.78 is 0. The van der Waals surface area contributed by atoms with Crippen LogP contribution in [0.4, 0.5) is 5.95 Å².